The topological polar surface area (TPSA) is 25.8 Å². The van der Waals surface area contributed by atoms with E-state index in [1.54, 1.807) is 0 Å². The Hall–Kier alpha value is -5.02. The van der Waals surface area contributed by atoms with Crippen LogP contribution in [0.25, 0.3) is 43.6 Å². The molecular weight excluding hydrogens is 388 g/mol. The minimum atomic E-state index is 0.680. The quantitative estimate of drug-likeness (QED) is 0.304. The van der Waals surface area contributed by atoms with Crippen LogP contribution in [0, 0.1) is 48.5 Å². The molecule has 0 unspecified atom stereocenters. The second-order valence-electron chi connectivity index (χ2n) is 6.97. The molecule has 0 aliphatic rings. The minimum absolute atomic E-state index is 0.680. The van der Waals surface area contributed by atoms with Gasteiger partial charge in [0.1, 0.15) is 22.1 Å². The van der Waals surface area contributed by atoms with Crippen molar-refractivity contribution in [3.8, 4) is 0 Å². The summed E-state index contributed by atoms with van der Waals surface area (Å²) in [4.78, 5) is 9.06. The number of pyridine rings is 2. The maximum Gasteiger partial charge on any atom is 0.115 e. The van der Waals surface area contributed by atoms with Gasteiger partial charge in [-0.25, -0.2) is 9.97 Å². The largest absolute Gasteiger partial charge is 0.231 e. The highest BCUT2D eigenvalue weighted by Crippen LogP contribution is 2.04. The van der Waals surface area contributed by atoms with Gasteiger partial charge < -0.3 is 0 Å². The van der Waals surface area contributed by atoms with Crippen LogP contribution in [0.1, 0.15) is 0 Å². The first kappa shape index (κ1) is 19.0. The number of benzene rings is 2. The summed E-state index contributed by atoms with van der Waals surface area (Å²) in [6, 6.07) is 52.0. The Balaban J connectivity index is 1.73. The molecule has 6 aromatic heterocycles. The van der Waals surface area contributed by atoms with Gasteiger partial charge in [-0.1, -0.05) is 36.4 Å². The number of hydrogen-bond acceptors (Lipinski definition) is 2. The van der Waals surface area contributed by atoms with E-state index in [1.807, 2.05) is 84.9 Å². The second kappa shape index (κ2) is 8.78. The van der Waals surface area contributed by atoms with E-state index in [1.165, 1.54) is 0 Å². The van der Waals surface area contributed by atoms with E-state index in [2.05, 4.69) is 58.5 Å². The number of nitrogens with zero attached hydrogens (tertiary/aromatic N) is 2. The van der Waals surface area contributed by atoms with Crippen molar-refractivity contribution in [2.45, 2.75) is 0 Å². The fourth-order valence-electron chi connectivity index (χ4n) is 2.97. The first-order valence-electron chi connectivity index (χ1n) is 10.0. The van der Waals surface area contributed by atoms with Crippen molar-refractivity contribution in [2.24, 2.45) is 0 Å². The summed E-state index contributed by atoms with van der Waals surface area (Å²) in [7, 11) is 0. The Bertz CT molecular complexity index is 1310. The average Bonchev–Trinajstić information content (AvgIpc) is 2.85. The van der Waals surface area contributed by atoms with Crippen LogP contribution in [0.3, 0.4) is 0 Å². The van der Waals surface area contributed by atoms with E-state index in [0.717, 1.165) is 21.5 Å². The van der Waals surface area contributed by atoms with Gasteiger partial charge >= 0.3 is 0 Å². The lowest BCUT2D eigenvalue weighted by Gasteiger charge is -1.86. The fraction of sp³-hybridized carbons (Fsp3) is 0. The van der Waals surface area contributed by atoms with Gasteiger partial charge in [-0.05, 0) is 97.1 Å². The van der Waals surface area contributed by atoms with Gasteiger partial charge in [-0.2, -0.15) is 0 Å². The van der Waals surface area contributed by atoms with E-state index in [0.29, 0.717) is 22.1 Å². The Morgan fingerprint density at radius 3 is 0.812 bits per heavy atom. The molecular formula is C30H14N2. The lowest BCUT2D eigenvalue weighted by atomic mass is 10.2. The average molecular weight is 402 g/mol. The van der Waals surface area contributed by atoms with Crippen molar-refractivity contribution in [3.05, 3.63) is 133 Å². The van der Waals surface area contributed by atoms with E-state index in [4.69, 9.17) is 0 Å². The minimum Gasteiger partial charge on any atom is -0.231 e. The van der Waals surface area contributed by atoms with Gasteiger partial charge in [-0.3, -0.25) is 0 Å². The van der Waals surface area contributed by atoms with Crippen LogP contribution in [0.15, 0.2) is 84.9 Å². The SMILES string of the molecule is c1c2ccc(c#cc3cccc(c#cc4ccc(c#cc5cccc(c#1)n5)cc4)n3)cc2. The standard InChI is InChI=1S/C30H14N2/c1-3-27-19-15-23-7-11-25(12-8-23)17-21-29-5-2-6-30(32-29)22-18-26-13-9-24(10-14-26)16-20-28(4-1)31-27/h1-14H. The molecule has 0 N–H and O–H groups in total. The molecule has 0 aliphatic carbocycles. The van der Waals surface area contributed by atoms with E-state index in [9.17, 15) is 0 Å². The van der Waals surface area contributed by atoms with Gasteiger partial charge in [0.25, 0.3) is 0 Å². The molecule has 144 valence electrons. The van der Waals surface area contributed by atoms with Gasteiger partial charge in [0.15, 0.2) is 0 Å². The summed E-state index contributed by atoms with van der Waals surface area (Å²) in [5.74, 6) is 0. The molecule has 0 radical (unpaired) electrons. The molecule has 0 saturated heterocycles. The number of aromatic nitrogens is 2. The van der Waals surface area contributed by atoms with Crippen LogP contribution in [0.4, 0.5) is 0 Å². The summed E-state index contributed by atoms with van der Waals surface area (Å²) in [5.41, 5.74) is 2.72. The Labute approximate surface area is 187 Å². The molecule has 0 amide bonds. The van der Waals surface area contributed by atoms with E-state index < -0.39 is 0 Å². The molecule has 8 bridgehead atoms. The molecule has 2 heteroatoms. The predicted octanol–water partition coefficient (Wildman–Crippen LogP) is 6.30. The molecule has 2 nitrogen and oxygen atoms in total. The van der Waals surface area contributed by atoms with Crippen molar-refractivity contribution in [1.82, 2.24) is 9.97 Å². The molecule has 32 heavy (non-hydrogen) atoms. The van der Waals surface area contributed by atoms with Crippen molar-refractivity contribution in [3.63, 3.8) is 0 Å². The lowest BCUT2D eigenvalue weighted by molar-refractivity contribution is 1.48. The first-order valence-corrected chi connectivity index (χ1v) is 10.0. The van der Waals surface area contributed by atoms with Crippen LogP contribution < -0.4 is 0 Å². The van der Waals surface area contributed by atoms with Crippen molar-refractivity contribution in [2.75, 3.05) is 0 Å². The molecule has 2 aromatic carbocycles. The maximum absolute atomic E-state index is 4.53. The van der Waals surface area contributed by atoms with Crippen LogP contribution >= 0.6 is 0 Å². The summed E-state index contributed by atoms with van der Waals surface area (Å²) in [6.07, 6.45) is 0. The number of hydrogen-bond donors (Lipinski definition) is 0. The molecule has 0 aliphatic heterocycles. The lowest BCUT2D eigenvalue weighted by Crippen LogP contribution is -1.71. The third-order valence-corrected chi connectivity index (χ3v) is 4.61. The Morgan fingerprint density at radius 2 is 0.562 bits per heavy atom. The number of rotatable bonds is 0. The van der Waals surface area contributed by atoms with Gasteiger partial charge in [0.05, 0.1) is 0 Å². The molecule has 0 saturated carbocycles. The highest BCUT2D eigenvalue weighted by atomic mass is 14.7. The smallest absolute Gasteiger partial charge is 0.115 e. The highest BCUT2D eigenvalue weighted by molar-refractivity contribution is 5.63. The van der Waals surface area contributed by atoms with Gasteiger partial charge in [0.2, 0.25) is 0 Å². The fourth-order valence-corrected chi connectivity index (χ4v) is 2.97. The zero-order valence-corrected chi connectivity index (χ0v) is 17.0. The molecule has 0 atom stereocenters. The van der Waals surface area contributed by atoms with Crippen molar-refractivity contribution >= 4 is 43.6 Å². The summed E-state index contributed by atoms with van der Waals surface area (Å²) in [6.45, 7) is 0. The van der Waals surface area contributed by atoms with Crippen LogP contribution in [0.5, 0.6) is 0 Å². The molecule has 0 fully saturated rings. The molecule has 0 spiro atoms. The van der Waals surface area contributed by atoms with Crippen molar-refractivity contribution < 1.29 is 0 Å². The van der Waals surface area contributed by atoms with Crippen LogP contribution in [0.2, 0.25) is 0 Å². The molecule has 8 rings (SSSR count). The third kappa shape index (κ3) is 4.75. The monoisotopic (exact) mass is 402 g/mol. The van der Waals surface area contributed by atoms with E-state index in [-0.39, 0.29) is 0 Å². The normalized spacial score (nSPS) is 9.50. The zero-order chi connectivity index (χ0) is 21.6. The zero-order valence-electron chi connectivity index (χ0n) is 17.0. The van der Waals surface area contributed by atoms with E-state index >= 15 is 0 Å². The highest BCUT2D eigenvalue weighted by Gasteiger charge is 1.86. The summed E-state index contributed by atoms with van der Waals surface area (Å²) >= 11 is 0. The summed E-state index contributed by atoms with van der Waals surface area (Å²) < 4.78 is 0. The summed E-state index contributed by atoms with van der Waals surface area (Å²) in [5, 5.41) is 3.58. The third-order valence-electron chi connectivity index (χ3n) is 4.61. The predicted molar refractivity (Wildman–Crippen MR) is 127 cm³/mol. The van der Waals surface area contributed by atoms with Crippen molar-refractivity contribution in [1.29, 1.82) is 0 Å². The maximum atomic E-state index is 4.53. The van der Waals surface area contributed by atoms with Gasteiger partial charge in [0, 0.05) is 21.5 Å². The second-order valence-corrected chi connectivity index (χ2v) is 6.97. The Kier molecular flexibility index (Phi) is 5.20. The van der Waals surface area contributed by atoms with Gasteiger partial charge in [-0.15, -0.1) is 0 Å². The molecule has 6 heterocycles. The Morgan fingerprint density at radius 1 is 0.312 bits per heavy atom. The van der Waals surface area contributed by atoms with Crippen LogP contribution in [-0.2, 0) is 0 Å². The molecule has 8 aromatic rings. The van der Waals surface area contributed by atoms with Crippen LogP contribution in [-0.4, -0.2) is 9.97 Å². The first-order chi connectivity index (χ1) is 15.8.